The Morgan fingerprint density at radius 3 is 2.48 bits per heavy atom. The molecular weight excluding hydrogens is 336 g/mol. The molecule has 1 saturated heterocycles. The van der Waals surface area contributed by atoms with Gasteiger partial charge in [-0.25, -0.2) is 0 Å². The van der Waals surface area contributed by atoms with Crippen LogP contribution in [-0.4, -0.2) is 47.0 Å². The van der Waals surface area contributed by atoms with E-state index >= 15 is 0 Å². The Morgan fingerprint density at radius 2 is 1.80 bits per heavy atom. The zero-order valence-electron chi connectivity index (χ0n) is 14.4. The molecule has 1 amide bonds. The van der Waals surface area contributed by atoms with Gasteiger partial charge in [-0.05, 0) is 30.7 Å². The van der Waals surface area contributed by atoms with E-state index in [1.165, 1.54) is 0 Å². The van der Waals surface area contributed by atoms with E-state index in [9.17, 15) is 9.90 Å². The summed E-state index contributed by atoms with van der Waals surface area (Å²) < 4.78 is 0. The zero-order valence-corrected chi connectivity index (χ0v) is 15.1. The maximum Gasteiger partial charge on any atom is 0.229 e. The summed E-state index contributed by atoms with van der Waals surface area (Å²) in [4.78, 5) is 16.9. The summed E-state index contributed by atoms with van der Waals surface area (Å²) in [6, 6.07) is 15.0. The predicted octanol–water partition coefficient (Wildman–Crippen LogP) is 3.49. The highest BCUT2D eigenvalue weighted by atomic mass is 35.5. The Bertz CT molecular complexity index is 728. The van der Waals surface area contributed by atoms with Crippen molar-refractivity contribution in [3.63, 3.8) is 0 Å². The number of hydrogen-bond acceptors (Lipinski definition) is 3. The number of rotatable bonds is 4. The number of phenolic OH excluding ortho intramolecular Hbond substituents is 1. The highest BCUT2D eigenvalue weighted by Gasteiger charge is 2.26. The quantitative estimate of drug-likeness (QED) is 0.909. The Kier molecular flexibility index (Phi) is 5.61. The van der Waals surface area contributed by atoms with Crippen molar-refractivity contribution in [2.24, 2.45) is 0 Å². The van der Waals surface area contributed by atoms with Crippen LogP contribution in [0.1, 0.15) is 24.0 Å². The van der Waals surface area contributed by atoms with Crippen LogP contribution in [-0.2, 0) is 11.3 Å². The molecule has 1 aliphatic rings. The fraction of sp³-hybridized carbons (Fsp3) is 0.350. The number of hydrogen-bond donors (Lipinski definition) is 1. The molecule has 1 unspecified atom stereocenters. The third-order valence-electron chi connectivity index (χ3n) is 4.79. The summed E-state index contributed by atoms with van der Waals surface area (Å²) in [6.07, 6.45) is 0. The summed E-state index contributed by atoms with van der Waals surface area (Å²) in [5.41, 5.74) is 1.88. The van der Waals surface area contributed by atoms with E-state index in [1.807, 2.05) is 42.2 Å². The van der Waals surface area contributed by atoms with Gasteiger partial charge in [-0.15, -0.1) is 0 Å². The second-order valence-electron chi connectivity index (χ2n) is 6.51. The maximum atomic E-state index is 12.7. The summed E-state index contributed by atoms with van der Waals surface area (Å²) >= 11 is 6.01. The van der Waals surface area contributed by atoms with E-state index in [2.05, 4.69) is 4.90 Å². The molecule has 2 aromatic rings. The van der Waals surface area contributed by atoms with Gasteiger partial charge in [0.2, 0.25) is 5.91 Å². The highest BCUT2D eigenvalue weighted by Crippen LogP contribution is 2.24. The largest absolute Gasteiger partial charge is 0.508 e. The van der Waals surface area contributed by atoms with Crippen molar-refractivity contribution in [2.75, 3.05) is 26.2 Å². The van der Waals surface area contributed by atoms with E-state index in [0.29, 0.717) is 24.7 Å². The first-order chi connectivity index (χ1) is 12.0. The van der Waals surface area contributed by atoms with Crippen LogP contribution in [0, 0.1) is 0 Å². The molecule has 1 N–H and O–H groups in total. The van der Waals surface area contributed by atoms with Crippen LogP contribution in [0.25, 0.3) is 0 Å². The van der Waals surface area contributed by atoms with Gasteiger partial charge in [0.1, 0.15) is 5.75 Å². The van der Waals surface area contributed by atoms with E-state index in [-0.39, 0.29) is 17.6 Å². The Morgan fingerprint density at radius 1 is 1.12 bits per heavy atom. The van der Waals surface area contributed by atoms with Crippen LogP contribution in [0.5, 0.6) is 5.75 Å². The normalized spacial score (nSPS) is 16.6. The zero-order chi connectivity index (χ0) is 17.8. The van der Waals surface area contributed by atoms with Crippen molar-refractivity contribution in [3.8, 4) is 5.75 Å². The lowest BCUT2D eigenvalue weighted by Gasteiger charge is -2.36. The lowest BCUT2D eigenvalue weighted by molar-refractivity contribution is -0.134. The summed E-state index contributed by atoms with van der Waals surface area (Å²) in [7, 11) is 0. The molecule has 0 bridgehead atoms. The fourth-order valence-corrected chi connectivity index (χ4v) is 3.40. The molecule has 4 nitrogen and oxygen atoms in total. The first kappa shape index (κ1) is 17.8. The van der Waals surface area contributed by atoms with Gasteiger partial charge in [0.05, 0.1) is 5.92 Å². The van der Waals surface area contributed by atoms with E-state index in [0.717, 1.165) is 24.2 Å². The molecule has 2 aromatic carbocycles. The molecular formula is C20H23ClN2O2. The molecule has 0 aromatic heterocycles. The van der Waals surface area contributed by atoms with Crippen molar-refractivity contribution in [1.82, 2.24) is 9.80 Å². The molecule has 25 heavy (non-hydrogen) atoms. The molecule has 1 atom stereocenters. The molecule has 0 spiro atoms. The molecule has 5 heteroatoms. The van der Waals surface area contributed by atoms with E-state index in [1.54, 1.807) is 18.2 Å². The molecule has 0 saturated carbocycles. The second-order valence-corrected chi connectivity index (χ2v) is 6.94. The smallest absolute Gasteiger partial charge is 0.229 e. The Labute approximate surface area is 153 Å². The first-order valence-electron chi connectivity index (χ1n) is 8.58. The predicted molar refractivity (Wildman–Crippen MR) is 99.8 cm³/mol. The van der Waals surface area contributed by atoms with Crippen LogP contribution >= 0.6 is 11.6 Å². The molecule has 132 valence electrons. The molecule has 0 radical (unpaired) electrons. The number of aromatic hydroxyl groups is 1. The number of amides is 1. The van der Waals surface area contributed by atoms with Crippen molar-refractivity contribution in [1.29, 1.82) is 0 Å². The Balaban J connectivity index is 1.56. The topological polar surface area (TPSA) is 43.8 Å². The third kappa shape index (κ3) is 4.33. The fourth-order valence-electron chi connectivity index (χ4n) is 3.21. The van der Waals surface area contributed by atoms with Gasteiger partial charge in [-0.2, -0.15) is 0 Å². The van der Waals surface area contributed by atoms with Crippen LogP contribution in [0.2, 0.25) is 5.02 Å². The van der Waals surface area contributed by atoms with Crippen LogP contribution in [0.15, 0.2) is 48.5 Å². The van der Waals surface area contributed by atoms with Crippen LogP contribution < -0.4 is 0 Å². The highest BCUT2D eigenvalue weighted by molar-refractivity contribution is 6.30. The van der Waals surface area contributed by atoms with Crippen molar-refractivity contribution in [3.05, 3.63) is 64.7 Å². The molecule has 1 heterocycles. The summed E-state index contributed by atoms with van der Waals surface area (Å²) in [6.45, 7) is 5.60. The molecule has 0 aliphatic carbocycles. The second kappa shape index (κ2) is 7.89. The maximum absolute atomic E-state index is 12.7. The number of nitrogens with zero attached hydrogens (tertiary/aromatic N) is 2. The van der Waals surface area contributed by atoms with Crippen LogP contribution in [0.3, 0.4) is 0 Å². The van der Waals surface area contributed by atoms with Gasteiger partial charge in [-0.1, -0.05) is 41.9 Å². The van der Waals surface area contributed by atoms with Gasteiger partial charge in [0, 0.05) is 43.3 Å². The number of carbonyl (C=O) groups excluding carboxylic acids is 1. The monoisotopic (exact) mass is 358 g/mol. The lowest BCUT2D eigenvalue weighted by Crippen LogP contribution is -2.49. The molecule has 3 rings (SSSR count). The minimum atomic E-state index is -0.121. The third-order valence-corrected chi connectivity index (χ3v) is 5.02. The van der Waals surface area contributed by atoms with Crippen molar-refractivity contribution < 1.29 is 9.90 Å². The molecule has 1 aliphatic heterocycles. The van der Waals surface area contributed by atoms with E-state index < -0.39 is 0 Å². The SMILES string of the molecule is CC(C(=O)N1CCN(Cc2cc(Cl)ccc2O)CC1)c1ccccc1. The van der Waals surface area contributed by atoms with Gasteiger partial charge in [0.25, 0.3) is 0 Å². The van der Waals surface area contributed by atoms with Gasteiger partial charge in [0.15, 0.2) is 0 Å². The molecule has 1 fully saturated rings. The summed E-state index contributed by atoms with van der Waals surface area (Å²) in [5, 5.41) is 10.6. The lowest BCUT2D eigenvalue weighted by atomic mass is 9.99. The van der Waals surface area contributed by atoms with Gasteiger partial charge in [-0.3, -0.25) is 9.69 Å². The van der Waals surface area contributed by atoms with Crippen LogP contribution in [0.4, 0.5) is 0 Å². The number of piperazine rings is 1. The number of phenols is 1. The van der Waals surface area contributed by atoms with Crippen molar-refractivity contribution >= 4 is 17.5 Å². The average molecular weight is 359 g/mol. The summed E-state index contributed by atoms with van der Waals surface area (Å²) in [5.74, 6) is 0.321. The minimum Gasteiger partial charge on any atom is -0.508 e. The minimum absolute atomic E-state index is 0.121. The standard InChI is InChI=1S/C20H23ClN2O2/c1-15(16-5-3-2-4-6-16)20(25)23-11-9-22(10-12-23)14-17-13-18(21)7-8-19(17)24/h2-8,13,15,24H,9-12,14H2,1H3. The van der Waals surface area contributed by atoms with Gasteiger partial charge >= 0.3 is 0 Å². The van der Waals surface area contributed by atoms with Gasteiger partial charge < -0.3 is 10.0 Å². The number of carbonyl (C=O) groups is 1. The number of benzene rings is 2. The number of halogens is 1. The first-order valence-corrected chi connectivity index (χ1v) is 8.96. The van der Waals surface area contributed by atoms with Crippen molar-refractivity contribution in [2.45, 2.75) is 19.4 Å². The average Bonchev–Trinajstić information content (AvgIpc) is 2.65. The van der Waals surface area contributed by atoms with E-state index in [4.69, 9.17) is 11.6 Å². The Hall–Kier alpha value is -2.04.